The molecule has 0 spiro atoms. The van der Waals surface area contributed by atoms with Gasteiger partial charge in [0.05, 0.1) is 6.04 Å². The summed E-state index contributed by atoms with van der Waals surface area (Å²) in [6, 6.07) is 4.45. The fraction of sp³-hybridized carbons (Fsp3) is 0.455. The largest absolute Gasteiger partial charge is 0.329 e. The van der Waals surface area contributed by atoms with Crippen LogP contribution in [0.4, 0.5) is 0 Å². The molecule has 0 amide bonds. The summed E-state index contributed by atoms with van der Waals surface area (Å²) in [7, 11) is 0. The van der Waals surface area contributed by atoms with Crippen LogP contribution < -0.4 is 5.73 Å². The first-order valence-corrected chi connectivity index (χ1v) is 6.81. The third-order valence-electron chi connectivity index (χ3n) is 2.89. The summed E-state index contributed by atoms with van der Waals surface area (Å²) < 4.78 is 1.91. The van der Waals surface area contributed by atoms with Gasteiger partial charge in [0.15, 0.2) is 0 Å². The smallest absolute Gasteiger partial charge is 0.210 e. The highest BCUT2D eigenvalue weighted by Gasteiger charge is 2.29. The van der Waals surface area contributed by atoms with Gasteiger partial charge in [-0.2, -0.15) is 0 Å². The molecule has 0 bridgehead atoms. The minimum Gasteiger partial charge on any atom is -0.329 e. The van der Waals surface area contributed by atoms with Crippen LogP contribution in [0.25, 0.3) is 0 Å². The van der Waals surface area contributed by atoms with Gasteiger partial charge in [-0.05, 0) is 41.0 Å². The summed E-state index contributed by atoms with van der Waals surface area (Å²) >= 11 is 1.62. The van der Waals surface area contributed by atoms with Crippen molar-refractivity contribution in [1.82, 2.24) is 25.2 Å². The predicted molar refractivity (Wildman–Crippen MR) is 68.0 cm³/mol. The monoisotopic (exact) mass is 262 g/mol. The lowest BCUT2D eigenvalue weighted by atomic mass is 10.2. The molecule has 2 aromatic rings. The van der Waals surface area contributed by atoms with Crippen molar-refractivity contribution in [3.05, 3.63) is 30.1 Å². The van der Waals surface area contributed by atoms with Gasteiger partial charge in [0, 0.05) is 24.2 Å². The Morgan fingerprint density at radius 3 is 2.83 bits per heavy atom. The molecule has 1 saturated carbocycles. The van der Waals surface area contributed by atoms with Crippen LogP contribution in [0.2, 0.25) is 0 Å². The molecule has 1 aliphatic carbocycles. The van der Waals surface area contributed by atoms with Crippen molar-refractivity contribution in [2.24, 2.45) is 5.73 Å². The Labute approximate surface area is 109 Å². The normalized spacial score (nSPS) is 16.7. The lowest BCUT2D eigenvalue weighted by molar-refractivity contribution is 0.564. The minimum absolute atomic E-state index is 0.163. The Bertz CT molecular complexity index is 509. The standard InChI is InChI=1S/C11H14N6S/c12-7-10(8-3-5-13-6-4-8)18-11-14-15-16-17(11)9-1-2-9/h3-6,9-10H,1-2,7,12H2. The Hall–Kier alpha value is -1.47. The molecule has 1 fully saturated rings. The van der Waals surface area contributed by atoms with Gasteiger partial charge in [0.1, 0.15) is 0 Å². The van der Waals surface area contributed by atoms with Crippen molar-refractivity contribution in [2.45, 2.75) is 29.3 Å². The van der Waals surface area contributed by atoms with Gasteiger partial charge in [0.25, 0.3) is 0 Å². The van der Waals surface area contributed by atoms with Crippen LogP contribution in [0.15, 0.2) is 29.7 Å². The SMILES string of the molecule is NCC(Sc1nnnn1C1CC1)c1ccncc1. The van der Waals surface area contributed by atoms with Crippen LogP contribution in [-0.4, -0.2) is 31.7 Å². The molecule has 2 heterocycles. The zero-order chi connectivity index (χ0) is 12.4. The number of aromatic nitrogens is 5. The summed E-state index contributed by atoms with van der Waals surface area (Å²) in [4.78, 5) is 4.02. The summed E-state index contributed by atoms with van der Waals surface area (Å²) in [5.74, 6) is 0. The highest BCUT2D eigenvalue weighted by molar-refractivity contribution is 7.99. The Morgan fingerprint density at radius 1 is 1.39 bits per heavy atom. The molecule has 2 N–H and O–H groups in total. The number of pyridine rings is 1. The zero-order valence-corrected chi connectivity index (χ0v) is 10.6. The highest BCUT2D eigenvalue weighted by atomic mass is 32.2. The predicted octanol–water partition coefficient (Wildman–Crippen LogP) is 1.20. The van der Waals surface area contributed by atoms with E-state index in [2.05, 4.69) is 20.5 Å². The van der Waals surface area contributed by atoms with E-state index in [-0.39, 0.29) is 5.25 Å². The maximum Gasteiger partial charge on any atom is 0.210 e. The second-order valence-corrected chi connectivity index (χ2v) is 5.43. The molecular formula is C11H14N6S. The van der Waals surface area contributed by atoms with Crippen molar-refractivity contribution in [2.75, 3.05) is 6.54 Å². The number of nitrogens with two attached hydrogens (primary N) is 1. The van der Waals surface area contributed by atoms with Gasteiger partial charge in [-0.1, -0.05) is 11.8 Å². The molecule has 0 aromatic carbocycles. The quantitative estimate of drug-likeness (QED) is 0.815. The van der Waals surface area contributed by atoms with Gasteiger partial charge in [-0.15, -0.1) is 5.10 Å². The van der Waals surface area contributed by atoms with E-state index in [0.717, 1.165) is 10.7 Å². The second kappa shape index (κ2) is 5.03. The van der Waals surface area contributed by atoms with E-state index in [1.165, 1.54) is 12.8 Å². The van der Waals surface area contributed by atoms with Crippen LogP contribution in [-0.2, 0) is 0 Å². The van der Waals surface area contributed by atoms with Crippen molar-refractivity contribution in [1.29, 1.82) is 0 Å². The number of nitrogens with zero attached hydrogens (tertiary/aromatic N) is 5. The van der Waals surface area contributed by atoms with E-state index in [1.807, 2.05) is 16.8 Å². The molecule has 3 rings (SSSR count). The summed E-state index contributed by atoms with van der Waals surface area (Å²) in [5.41, 5.74) is 7.00. The number of tetrazole rings is 1. The highest BCUT2D eigenvalue weighted by Crippen LogP contribution is 2.39. The van der Waals surface area contributed by atoms with Gasteiger partial charge in [-0.25, -0.2) is 4.68 Å². The fourth-order valence-electron chi connectivity index (χ4n) is 1.77. The average molecular weight is 262 g/mol. The van der Waals surface area contributed by atoms with Crippen molar-refractivity contribution < 1.29 is 0 Å². The molecule has 0 radical (unpaired) electrons. The van der Waals surface area contributed by atoms with E-state index in [1.54, 1.807) is 24.2 Å². The molecule has 1 atom stereocenters. The number of rotatable bonds is 5. The van der Waals surface area contributed by atoms with Crippen LogP contribution in [0.1, 0.15) is 29.7 Å². The number of hydrogen-bond acceptors (Lipinski definition) is 6. The van der Waals surface area contributed by atoms with Gasteiger partial charge in [-0.3, -0.25) is 4.98 Å². The first-order valence-electron chi connectivity index (χ1n) is 5.93. The van der Waals surface area contributed by atoms with Crippen LogP contribution in [0, 0.1) is 0 Å². The van der Waals surface area contributed by atoms with E-state index in [9.17, 15) is 0 Å². The van der Waals surface area contributed by atoms with E-state index in [4.69, 9.17) is 5.73 Å². The summed E-state index contributed by atoms with van der Waals surface area (Å²) in [6.45, 7) is 0.548. The average Bonchev–Trinajstić information content (AvgIpc) is 3.17. The van der Waals surface area contributed by atoms with Gasteiger partial charge >= 0.3 is 0 Å². The van der Waals surface area contributed by atoms with Crippen LogP contribution in [0.5, 0.6) is 0 Å². The third-order valence-corrected chi connectivity index (χ3v) is 4.12. The molecule has 0 aliphatic heterocycles. The topological polar surface area (TPSA) is 82.5 Å². The summed E-state index contributed by atoms with van der Waals surface area (Å²) in [6.07, 6.45) is 5.90. The number of hydrogen-bond donors (Lipinski definition) is 1. The zero-order valence-electron chi connectivity index (χ0n) is 9.81. The molecule has 1 aliphatic rings. The molecule has 94 valence electrons. The van der Waals surface area contributed by atoms with Crippen molar-refractivity contribution in [3.8, 4) is 0 Å². The van der Waals surface area contributed by atoms with Gasteiger partial charge in [0.2, 0.25) is 5.16 Å². The Kier molecular flexibility index (Phi) is 3.24. The van der Waals surface area contributed by atoms with Crippen molar-refractivity contribution in [3.63, 3.8) is 0 Å². The molecular weight excluding hydrogens is 248 g/mol. The Morgan fingerprint density at radius 2 is 2.17 bits per heavy atom. The fourth-order valence-corrected chi connectivity index (χ4v) is 2.79. The minimum atomic E-state index is 0.163. The molecule has 2 aromatic heterocycles. The molecule has 6 nitrogen and oxygen atoms in total. The molecule has 0 saturated heterocycles. The first-order chi connectivity index (χ1) is 8.88. The lowest BCUT2D eigenvalue weighted by Gasteiger charge is -2.13. The maximum atomic E-state index is 5.84. The molecule has 1 unspecified atom stereocenters. The van der Waals surface area contributed by atoms with Crippen LogP contribution >= 0.6 is 11.8 Å². The van der Waals surface area contributed by atoms with Crippen molar-refractivity contribution >= 4 is 11.8 Å². The van der Waals surface area contributed by atoms with Gasteiger partial charge < -0.3 is 5.73 Å². The van der Waals surface area contributed by atoms with Crippen LogP contribution in [0.3, 0.4) is 0 Å². The Balaban J connectivity index is 1.79. The maximum absolute atomic E-state index is 5.84. The second-order valence-electron chi connectivity index (χ2n) is 4.26. The van der Waals surface area contributed by atoms with E-state index >= 15 is 0 Å². The third kappa shape index (κ3) is 2.37. The molecule has 18 heavy (non-hydrogen) atoms. The first kappa shape index (κ1) is 11.6. The summed E-state index contributed by atoms with van der Waals surface area (Å²) in [5, 5.41) is 12.9. The number of thioether (sulfide) groups is 1. The molecule has 7 heteroatoms. The lowest BCUT2D eigenvalue weighted by Crippen LogP contribution is -2.11. The van der Waals surface area contributed by atoms with E-state index < -0.39 is 0 Å². The van der Waals surface area contributed by atoms with E-state index in [0.29, 0.717) is 12.6 Å².